The van der Waals surface area contributed by atoms with E-state index in [4.69, 9.17) is 9.84 Å². The Kier molecular flexibility index (Phi) is 6.42. The number of nitrogens with zero attached hydrogens (tertiary/aromatic N) is 1. The fraction of sp³-hybridized carbons (Fsp3) is 0.179. The summed E-state index contributed by atoms with van der Waals surface area (Å²) in [4.78, 5) is 39.1. The number of rotatable bonds is 6. The second kappa shape index (κ2) is 9.46. The summed E-state index contributed by atoms with van der Waals surface area (Å²) in [5.41, 5.74) is 3.54. The molecule has 178 valence electrons. The van der Waals surface area contributed by atoms with Gasteiger partial charge in [-0.25, -0.2) is 4.79 Å². The van der Waals surface area contributed by atoms with Gasteiger partial charge >= 0.3 is 5.97 Å². The molecule has 2 N–H and O–H groups in total. The van der Waals surface area contributed by atoms with Crippen LogP contribution in [0, 0.1) is 13.8 Å². The fourth-order valence-corrected chi connectivity index (χ4v) is 4.29. The molecule has 1 amide bonds. The summed E-state index contributed by atoms with van der Waals surface area (Å²) in [6, 6.07) is 17.8. The maximum Gasteiger partial charge on any atom is 0.335 e. The van der Waals surface area contributed by atoms with E-state index in [1.165, 1.54) is 24.1 Å². The predicted molar refractivity (Wildman–Crippen MR) is 130 cm³/mol. The summed E-state index contributed by atoms with van der Waals surface area (Å²) in [5.74, 6) is -2.26. The number of likely N-dealkylation sites (tertiary alicyclic amines) is 1. The van der Waals surface area contributed by atoms with Crippen molar-refractivity contribution in [1.82, 2.24) is 4.90 Å². The van der Waals surface area contributed by atoms with Crippen LogP contribution in [0.15, 0.2) is 72.3 Å². The third kappa shape index (κ3) is 4.53. The second-order valence-corrected chi connectivity index (χ2v) is 8.52. The Morgan fingerprint density at radius 3 is 2.34 bits per heavy atom. The van der Waals surface area contributed by atoms with E-state index in [0.29, 0.717) is 22.4 Å². The number of aryl methyl sites for hydroxylation is 2. The number of hydrogen-bond acceptors (Lipinski definition) is 5. The van der Waals surface area contributed by atoms with Gasteiger partial charge in [-0.1, -0.05) is 42.0 Å². The average molecular weight is 472 g/mol. The van der Waals surface area contributed by atoms with Crippen molar-refractivity contribution in [1.29, 1.82) is 0 Å². The molecule has 35 heavy (non-hydrogen) atoms. The van der Waals surface area contributed by atoms with Gasteiger partial charge in [0.25, 0.3) is 11.7 Å². The number of carbonyl (C=O) groups is 3. The monoisotopic (exact) mass is 471 g/mol. The quantitative estimate of drug-likeness (QED) is 0.309. The molecule has 1 atom stereocenters. The number of hydrogen-bond donors (Lipinski definition) is 2. The molecule has 3 aromatic rings. The molecule has 1 fully saturated rings. The van der Waals surface area contributed by atoms with Crippen molar-refractivity contribution in [2.45, 2.75) is 26.4 Å². The Morgan fingerprint density at radius 2 is 1.69 bits per heavy atom. The molecule has 4 rings (SSSR count). The first-order valence-corrected chi connectivity index (χ1v) is 11.0. The number of benzene rings is 3. The normalized spacial score (nSPS) is 17.0. The highest BCUT2D eigenvalue weighted by Crippen LogP contribution is 2.41. The van der Waals surface area contributed by atoms with E-state index >= 15 is 0 Å². The summed E-state index contributed by atoms with van der Waals surface area (Å²) in [7, 11) is 1.52. The molecule has 1 aliphatic rings. The lowest BCUT2D eigenvalue weighted by molar-refractivity contribution is -0.140. The van der Waals surface area contributed by atoms with Gasteiger partial charge in [-0.15, -0.1) is 0 Å². The highest BCUT2D eigenvalue weighted by atomic mass is 16.5. The van der Waals surface area contributed by atoms with Crippen LogP contribution in [0.2, 0.25) is 0 Å². The van der Waals surface area contributed by atoms with Gasteiger partial charge in [0.2, 0.25) is 0 Å². The van der Waals surface area contributed by atoms with Gasteiger partial charge < -0.3 is 19.8 Å². The van der Waals surface area contributed by atoms with Crippen LogP contribution in [-0.4, -0.2) is 39.9 Å². The molecule has 1 saturated heterocycles. The van der Waals surface area contributed by atoms with Gasteiger partial charge in [-0.3, -0.25) is 9.59 Å². The molecule has 0 bridgehead atoms. The summed E-state index contributed by atoms with van der Waals surface area (Å²) in [5, 5.41) is 20.5. The number of aliphatic hydroxyl groups excluding tert-OH is 1. The van der Waals surface area contributed by atoms with Crippen LogP contribution >= 0.6 is 0 Å². The van der Waals surface area contributed by atoms with Crippen molar-refractivity contribution < 1.29 is 29.3 Å². The van der Waals surface area contributed by atoms with E-state index in [1.807, 2.05) is 26.0 Å². The highest BCUT2D eigenvalue weighted by molar-refractivity contribution is 6.46. The summed E-state index contributed by atoms with van der Waals surface area (Å²) < 4.78 is 5.35. The standard InChI is InChI=1S/C28H25NO6/c1-16-7-8-17(2)22(13-16)25(30)23-24(20-5-4-6-21(14-20)35-3)29(27(32)26(23)31)15-18-9-11-19(12-10-18)28(33)34/h4-14,24,30H,15H2,1-3H3,(H,33,34)/b25-23+. The zero-order chi connectivity index (χ0) is 25.3. The zero-order valence-electron chi connectivity index (χ0n) is 19.6. The fourth-order valence-electron chi connectivity index (χ4n) is 4.29. The molecular formula is C28H25NO6. The molecule has 0 radical (unpaired) electrons. The van der Waals surface area contributed by atoms with Crippen molar-refractivity contribution in [3.8, 4) is 5.75 Å². The average Bonchev–Trinajstić information content (AvgIpc) is 3.10. The van der Waals surface area contributed by atoms with E-state index < -0.39 is 23.7 Å². The molecule has 0 aromatic heterocycles. The van der Waals surface area contributed by atoms with Crippen molar-refractivity contribution >= 4 is 23.4 Å². The van der Waals surface area contributed by atoms with Crippen molar-refractivity contribution in [2.24, 2.45) is 0 Å². The Hall–Kier alpha value is -4.39. The van der Waals surface area contributed by atoms with E-state index in [1.54, 1.807) is 42.5 Å². The van der Waals surface area contributed by atoms with Gasteiger partial charge in [0, 0.05) is 12.1 Å². The van der Waals surface area contributed by atoms with Gasteiger partial charge in [0.1, 0.15) is 11.5 Å². The number of amides is 1. The molecular weight excluding hydrogens is 446 g/mol. The number of ketones is 1. The number of Topliss-reactive ketones (excluding diaryl/α,β-unsaturated/α-hetero) is 1. The maximum atomic E-state index is 13.3. The van der Waals surface area contributed by atoms with Gasteiger partial charge in [0.05, 0.1) is 24.3 Å². The molecule has 1 heterocycles. The first kappa shape index (κ1) is 23.8. The number of aliphatic hydroxyl groups is 1. The molecule has 1 aliphatic heterocycles. The smallest absolute Gasteiger partial charge is 0.335 e. The van der Waals surface area contributed by atoms with E-state index in [9.17, 15) is 19.5 Å². The summed E-state index contributed by atoms with van der Waals surface area (Å²) in [6.45, 7) is 3.76. The van der Waals surface area contributed by atoms with Crippen LogP contribution in [0.4, 0.5) is 0 Å². The van der Waals surface area contributed by atoms with E-state index in [2.05, 4.69) is 0 Å². The van der Waals surface area contributed by atoms with Crippen LogP contribution in [0.1, 0.15) is 44.2 Å². The number of carboxylic acids is 1. The molecule has 0 saturated carbocycles. The number of aromatic carboxylic acids is 1. The minimum atomic E-state index is -1.05. The third-order valence-electron chi connectivity index (χ3n) is 6.15. The van der Waals surface area contributed by atoms with Crippen LogP contribution in [0.25, 0.3) is 5.76 Å². The second-order valence-electron chi connectivity index (χ2n) is 8.52. The van der Waals surface area contributed by atoms with Crippen LogP contribution in [0.5, 0.6) is 5.75 Å². The zero-order valence-corrected chi connectivity index (χ0v) is 19.6. The number of carbonyl (C=O) groups excluding carboxylic acids is 2. The lowest BCUT2D eigenvalue weighted by Gasteiger charge is -2.26. The van der Waals surface area contributed by atoms with Crippen molar-refractivity contribution in [3.63, 3.8) is 0 Å². The first-order valence-electron chi connectivity index (χ1n) is 11.0. The molecule has 3 aromatic carbocycles. The lowest BCUT2D eigenvalue weighted by atomic mass is 9.93. The number of methoxy groups -OCH3 is 1. The topological polar surface area (TPSA) is 104 Å². The van der Waals surface area contributed by atoms with E-state index in [-0.39, 0.29) is 23.4 Å². The molecule has 0 aliphatic carbocycles. The van der Waals surface area contributed by atoms with E-state index in [0.717, 1.165) is 11.1 Å². The highest BCUT2D eigenvalue weighted by Gasteiger charge is 2.46. The summed E-state index contributed by atoms with van der Waals surface area (Å²) in [6.07, 6.45) is 0. The lowest BCUT2D eigenvalue weighted by Crippen LogP contribution is -2.29. The number of ether oxygens (including phenoxy) is 1. The van der Waals surface area contributed by atoms with Crippen LogP contribution in [-0.2, 0) is 16.1 Å². The molecule has 7 nitrogen and oxygen atoms in total. The Bertz CT molecular complexity index is 1360. The van der Waals surface area contributed by atoms with Gasteiger partial charge in [-0.2, -0.15) is 0 Å². The minimum absolute atomic E-state index is 0.000825. The van der Waals surface area contributed by atoms with Crippen LogP contribution in [0.3, 0.4) is 0 Å². The molecule has 7 heteroatoms. The molecule has 1 unspecified atom stereocenters. The van der Waals surface area contributed by atoms with Gasteiger partial charge in [-0.05, 0) is 60.9 Å². The Labute approximate surface area is 202 Å². The number of carboxylic acid groups (broad SMARTS) is 1. The molecule has 0 spiro atoms. The Balaban J connectivity index is 1.87. The largest absolute Gasteiger partial charge is 0.507 e. The SMILES string of the molecule is COc1cccc(C2/C(=C(\O)c3cc(C)ccc3C)C(=O)C(=O)N2Cc2ccc(C(=O)O)cc2)c1. The Morgan fingerprint density at radius 1 is 0.971 bits per heavy atom. The summed E-state index contributed by atoms with van der Waals surface area (Å²) >= 11 is 0. The minimum Gasteiger partial charge on any atom is -0.507 e. The van der Waals surface area contributed by atoms with Crippen molar-refractivity contribution in [2.75, 3.05) is 7.11 Å². The maximum absolute atomic E-state index is 13.3. The first-order chi connectivity index (χ1) is 16.7. The third-order valence-corrected chi connectivity index (χ3v) is 6.15. The van der Waals surface area contributed by atoms with Gasteiger partial charge in [0.15, 0.2) is 0 Å². The van der Waals surface area contributed by atoms with Crippen LogP contribution < -0.4 is 4.74 Å². The van der Waals surface area contributed by atoms with Crippen molar-refractivity contribution in [3.05, 3.63) is 106 Å². The predicted octanol–water partition coefficient (Wildman–Crippen LogP) is 4.63.